The van der Waals surface area contributed by atoms with Gasteiger partial charge in [-0.3, -0.25) is 8.80 Å². The fourth-order valence-electron chi connectivity index (χ4n) is 10.0. The highest BCUT2D eigenvalue weighted by Gasteiger charge is 2.28. The Balaban J connectivity index is 0.000000128. The molecule has 436 valence electrons. The van der Waals surface area contributed by atoms with E-state index in [9.17, 15) is 0 Å². The summed E-state index contributed by atoms with van der Waals surface area (Å²) in [5.41, 5.74) is 18.6. The summed E-state index contributed by atoms with van der Waals surface area (Å²) in [6.07, 6.45) is 29.0. The van der Waals surface area contributed by atoms with Crippen LogP contribution in [0.3, 0.4) is 0 Å². The van der Waals surface area contributed by atoms with Crippen LogP contribution in [0.1, 0.15) is 166 Å². The van der Waals surface area contributed by atoms with Crippen LogP contribution in [0, 0.1) is 11.8 Å². The van der Waals surface area contributed by atoms with E-state index in [1.54, 1.807) is 29.6 Å². The Bertz CT molecular complexity index is 3460. The van der Waals surface area contributed by atoms with Crippen LogP contribution in [0.25, 0.3) is 33.4 Å². The number of hydrogen-bond acceptors (Lipinski definition) is 12. The third-order valence-electron chi connectivity index (χ3n) is 14.6. The molecule has 2 atom stereocenters. The lowest BCUT2D eigenvalue weighted by Gasteiger charge is -2.23. The van der Waals surface area contributed by atoms with Crippen molar-refractivity contribution in [3.63, 3.8) is 0 Å². The van der Waals surface area contributed by atoms with Crippen LogP contribution < -0.4 is 5.43 Å². The van der Waals surface area contributed by atoms with Crippen molar-refractivity contribution >= 4 is 39.6 Å². The maximum absolute atomic E-state index is 4.11. The second-order valence-corrected chi connectivity index (χ2v) is 23.0. The number of imidazole rings is 2. The van der Waals surface area contributed by atoms with Gasteiger partial charge >= 0.3 is 0 Å². The summed E-state index contributed by atoms with van der Waals surface area (Å²) in [5.74, 6) is 4.22. The van der Waals surface area contributed by atoms with Gasteiger partial charge in [-0.1, -0.05) is 168 Å². The molecule has 0 aromatic carbocycles. The van der Waals surface area contributed by atoms with Gasteiger partial charge < -0.3 is 14.2 Å². The summed E-state index contributed by atoms with van der Waals surface area (Å²) in [6.45, 7) is 30.5. The van der Waals surface area contributed by atoms with Crippen molar-refractivity contribution in [3.05, 3.63) is 217 Å². The molecule has 2 unspecified atom stereocenters. The van der Waals surface area contributed by atoms with Crippen molar-refractivity contribution in [2.24, 2.45) is 16.9 Å². The maximum Gasteiger partial charge on any atom is 0.164 e. The standard InChI is InChI=1S/2C10H12N2.C10H14N2.4C9H11N3/c1-8(2)9-4-3-5-12-7-11-6-10(9)12;1-8(2)10-5-3-4-9-6-11-7-12(9)10;1-7(2)8-4-3-5-10-9(8)6-11-12-10;1-7(2)8-4-3-5-12-6-10-11-9(8)12;1-7(2)8-4-3-5-12-9(8)6-10-11-12;1-7(2)8-4-3-5-9-11-10-6-12(8)9;1-7(2)9-5-3-4-8-6-10-11-12(8)9/h2*3-8H,1-2H3;3-7,9-10,12H,1-2H3;4*3-7H,1-2H3. The molecule has 0 radical (unpaired) electrons. The zero-order valence-electron chi connectivity index (χ0n) is 51.1. The molecule has 18 heteroatoms. The summed E-state index contributed by atoms with van der Waals surface area (Å²) in [6, 6.07) is 31.3. The van der Waals surface area contributed by atoms with Gasteiger partial charge in [-0.15, -0.1) is 30.6 Å². The summed E-state index contributed by atoms with van der Waals surface area (Å²) < 4.78 is 11.8. The van der Waals surface area contributed by atoms with E-state index in [4.69, 9.17) is 0 Å². The molecule has 18 nitrogen and oxygen atoms in total. The minimum absolute atomic E-state index is 0.410. The minimum Gasteiger partial charge on any atom is -0.306 e. The third kappa shape index (κ3) is 14.9. The first kappa shape index (κ1) is 60.9. The normalized spacial score (nSPS) is 14.2. The van der Waals surface area contributed by atoms with Crippen LogP contribution in [-0.4, -0.2) is 89.9 Å². The number of aromatic nitrogens is 16. The number of rotatable bonds is 7. The van der Waals surface area contributed by atoms with Crippen molar-refractivity contribution in [2.45, 2.75) is 138 Å². The number of allylic oxidation sites excluding steroid dienone is 2. The smallest absolute Gasteiger partial charge is 0.164 e. The van der Waals surface area contributed by atoms with Crippen LogP contribution in [0.5, 0.6) is 0 Å². The fraction of sp³-hybridized carbons (Fsp3) is 0.348. The lowest BCUT2D eigenvalue weighted by Crippen LogP contribution is -2.29. The predicted octanol–water partition coefficient (Wildman–Crippen LogP) is 14.0. The van der Waals surface area contributed by atoms with E-state index in [0.717, 1.165) is 22.3 Å². The van der Waals surface area contributed by atoms with Gasteiger partial charge in [-0.2, -0.15) is 5.10 Å². The topological polar surface area (TPSA) is 180 Å². The lowest BCUT2D eigenvalue weighted by molar-refractivity contribution is 0.557. The highest BCUT2D eigenvalue weighted by molar-refractivity contribution is 5.70. The van der Waals surface area contributed by atoms with Gasteiger partial charge in [-0.05, 0) is 113 Å². The van der Waals surface area contributed by atoms with Crippen LogP contribution in [0.4, 0.5) is 0 Å². The molecule has 13 heterocycles. The van der Waals surface area contributed by atoms with E-state index in [-0.39, 0.29) is 0 Å². The summed E-state index contributed by atoms with van der Waals surface area (Å²) >= 11 is 0. The molecule has 1 aliphatic carbocycles. The fourth-order valence-corrected chi connectivity index (χ4v) is 10.0. The van der Waals surface area contributed by atoms with E-state index in [1.165, 1.54) is 50.4 Å². The Hall–Kier alpha value is -9.19. The first-order valence-electron chi connectivity index (χ1n) is 29.2. The van der Waals surface area contributed by atoms with E-state index in [2.05, 4.69) is 240 Å². The Morgan fingerprint density at radius 3 is 1.76 bits per heavy atom. The van der Waals surface area contributed by atoms with Crippen molar-refractivity contribution in [1.29, 1.82) is 0 Å². The molecule has 12 aromatic rings. The first-order valence-corrected chi connectivity index (χ1v) is 29.2. The molecular weight excluding hydrogens is 1040 g/mol. The SMILES string of the molecule is CC(C)C1=CC=CC2NN=CC12.CC(C)c1cccc2cncn12.CC(C)c1cccc2cnnn12.CC(C)c1cccc2nncn12.CC(C)c1cccn2cncc12.CC(C)c1cccn2cnnc12.CC(C)c1cccn2nncc12. The number of hydrogen-bond donors (Lipinski definition) is 1. The molecule has 1 aliphatic heterocycles. The predicted molar refractivity (Wildman–Crippen MR) is 338 cm³/mol. The Labute approximate surface area is 493 Å². The van der Waals surface area contributed by atoms with Crippen molar-refractivity contribution in [2.75, 3.05) is 0 Å². The quantitative estimate of drug-likeness (QED) is 0.160. The highest BCUT2D eigenvalue weighted by Crippen LogP contribution is 2.28. The summed E-state index contributed by atoms with van der Waals surface area (Å²) in [4.78, 5) is 8.21. The Morgan fingerprint density at radius 2 is 1.06 bits per heavy atom. The molecular formula is C66H82N18. The van der Waals surface area contributed by atoms with E-state index in [0.29, 0.717) is 53.4 Å². The van der Waals surface area contributed by atoms with Gasteiger partial charge in [0.1, 0.15) is 12.7 Å². The second kappa shape index (κ2) is 28.7. The lowest BCUT2D eigenvalue weighted by atomic mass is 9.83. The molecule has 0 bridgehead atoms. The molecule has 0 spiro atoms. The molecule has 14 rings (SSSR count). The summed E-state index contributed by atoms with van der Waals surface area (Å²) in [7, 11) is 0. The molecule has 0 amide bonds. The van der Waals surface area contributed by atoms with E-state index in [1.807, 2.05) is 99.6 Å². The Kier molecular flexibility index (Phi) is 20.8. The molecule has 0 saturated carbocycles. The second-order valence-electron chi connectivity index (χ2n) is 23.0. The van der Waals surface area contributed by atoms with Gasteiger partial charge in [0.25, 0.3) is 0 Å². The molecule has 0 saturated heterocycles. The van der Waals surface area contributed by atoms with Crippen molar-refractivity contribution in [3.8, 4) is 0 Å². The van der Waals surface area contributed by atoms with Gasteiger partial charge in [0.2, 0.25) is 0 Å². The average molecular weight is 1130 g/mol. The Morgan fingerprint density at radius 1 is 0.452 bits per heavy atom. The monoisotopic (exact) mass is 1130 g/mol. The van der Waals surface area contributed by atoms with Gasteiger partial charge in [0.15, 0.2) is 11.3 Å². The average Bonchev–Trinajstić information content (AvgIpc) is 4.54. The highest BCUT2D eigenvalue weighted by atomic mass is 15.4. The molecule has 12 aromatic heterocycles. The van der Waals surface area contributed by atoms with Gasteiger partial charge in [0.05, 0.1) is 65.6 Å². The molecule has 2 aliphatic rings. The molecule has 0 fully saturated rings. The largest absolute Gasteiger partial charge is 0.306 e. The zero-order chi connectivity index (χ0) is 59.9. The van der Waals surface area contributed by atoms with Crippen LogP contribution in [-0.2, 0) is 0 Å². The molecule has 84 heavy (non-hydrogen) atoms. The zero-order valence-corrected chi connectivity index (χ0v) is 51.1. The first-order chi connectivity index (χ1) is 40.5. The summed E-state index contributed by atoms with van der Waals surface area (Å²) in [5, 5.41) is 35.5. The molecule has 1 N–H and O–H groups in total. The van der Waals surface area contributed by atoms with Gasteiger partial charge in [-0.25, -0.2) is 19.0 Å². The van der Waals surface area contributed by atoms with Crippen LogP contribution in [0.2, 0.25) is 0 Å². The number of nitrogens with zero attached hydrogens (tertiary/aromatic N) is 17. The van der Waals surface area contributed by atoms with Crippen LogP contribution in [0.15, 0.2) is 189 Å². The van der Waals surface area contributed by atoms with Crippen molar-refractivity contribution in [1.82, 2.24) is 83.0 Å². The maximum atomic E-state index is 4.11. The third-order valence-corrected chi connectivity index (χ3v) is 14.6. The van der Waals surface area contributed by atoms with Crippen LogP contribution >= 0.6 is 0 Å². The van der Waals surface area contributed by atoms with E-state index >= 15 is 0 Å². The number of nitrogens with one attached hydrogen (secondary N) is 1. The minimum atomic E-state index is 0.410. The van der Waals surface area contributed by atoms with E-state index < -0.39 is 0 Å². The number of pyridine rings is 6. The number of hydrazone groups is 1. The van der Waals surface area contributed by atoms with Gasteiger partial charge in [0, 0.05) is 47.8 Å². The number of fused-ring (bicyclic) bond motifs is 7. The van der Waals surface area contributed by atoms with Crippen molar-refractivity contribution < 1.29 is 0 Å².